The summed E-state index contributed by atoms with van der Waals surface area (Å²) >= 11 is 5.46. The molecule has 74 valence electrons. The fraction of sp³-hybridized carbons (Fsp3) is 0.778. The van der Waals surface area contributed by atoms with Gasteiger partial charge in [0.2, 0.25) is 5.91 Å². The van der Waals surface area contributed by atoms with E-state index in [1.165, 1.54) is 0 Å². The zero-order valence-corrected chi connectivity index (χ0v) is 8.67. The maximum absolute atomic E-state index is 11.3. The SMILES string of the molecule is C[C@H]1CN(C(=O)CCl)[C@@H](C)CC1=O. The van der Waals surface area contributed by atoms with Crippen molar-refractivity contribution in [1.82, 2.24) is 4.90 Å². The predicted octanol–water partition coefficient (Wildman–Crippen LogP) is 1.05. The van der Waals surface area contributed by atoms with Crippen molar-refractivity contribution >= 4 is 23.3 Å². The Kier molecular flexibility index (Phi) is 3.31. The van der Waals surface area contributed by atoms with Crippen LogP contribution in [0.1, 0.15) is 20.3 Å². The van der Waals surface area contributed by atoms with Gasteiger partial charge in [-0.1, -0.05) is 6.92 Å². The summed E-state index contributed by atoms with van der Waals surface area (Å²) < 4.78 is 0. The van der Waals surface area contributed by atoms with Crippen molar-refractivity contribution in [3.8, 4) is 0 Å². The van der Waals surface area contributed by atoms with Crippen molar-refractivity contribution in [2.24, 2.45) is 5.92 Å². The zero-order chi connectivity index (χ0) is 10.0. The van der Waals surface area contributed by atoms with Gasteiger partial charge in [0.25, 0.3) is 0 Å². The lowest BCUT2D eigenvalue weighted by atomic mass is 9.93. The highest BCUT2D eigenvalue weighted by molar-refractivity contribution is 6.27. The second-order valence-corrected chi connectivity index (χ2v) is 3.87. The fourth-order valence-corrected chi connectivity index (χ4v) is 1.76. The number of Topliss-reactive ketones (excluding diaryl/α,β-unsaturated/α-hetero) is 1. The van der Waals surface area contributed by atoms with E-state index in [1.807, 2.05) is 13.8 Å². The van der Waals surface area contributed by atoms with E-state index in [4.69, 9.17) is 11.6 Å². The molecule has 0 aliphatic carbocycles. The van der Waals surface area contributed by atoms with E-state index in [9.17, 15) is 9.59 Å². The van der Waals surface area contributed by atoms with Gasteiger partial charge in [0, 0.05) is 24.9 Å². The van der Waals surface area contributed by atoms with Crippen LogP contribution in [0, 0.1) is 5.92 Å². The molecule has 0 spiro atoms. The summed E-state index contributed by atoms with van der Waals surface area (Å²) in [4.78, 5) is 24.3. The van der Waals surface area contributed by atoms with Crippen LogP contribution in [0.4, 0.5) is 0 Å². The van der Waals surface area contributed by atoms with Crippen LogP contribution in [-0.4, -0.2) is 35.1 Å². The van der Waals surface area contributed by atoms with Crippen LogP contribution in [0.3, 0.4) is 0 Å². The number of hydrogen-bond acceptors (Lipinski definition) is 2. The Labute approximate surface area is 83.0 Å². The highest BCUT2D eigenvalue weighted by Gasteiger charge is 2.31. The number of carbonyl (C=O) groups is 2. The first-order chi connectivity index (χ1) is 6.06. The highest BCUT2D eigenvalue weighted by atomic mass is 35.5. The molecule has 1 fully saturated rings. The quantitative estimate of drug-likeness (QED) is 0.598. The third-order valence-corrected chi connectivity index (χ3v) is 2.71. The summed E-state index contributed by atoms with van der Waals surface area (Å²) in [5.74, 6) is 0.133. The van der Waals surface area contributed by atoms with Crippen LogP contribution in [0.5, 0.6) is 0 Å². The number of ketones is 1. The van der Waals surface area contributed by atoms with Gasteiger partial charge in [-0.15, -0.1) is 11.6 Å². The Balaban J connectivity index is 2.66. The molecule has 0 aromatic heterocycles. The van der Waals surface area contributed by atoms with E-state index >= 15 is 0 Å². The summed E-state index contributed by atoms with van der Waals surface area (Å²) in [5, 5.41) is 0. The Hall–Kier alpha value is -0.570. The minimum Gasteiger partial charge on any atom is -0.338 e. The standard InChI is InChI=1S/C9H14ClNO2/c1-6-5-11(9(13)4-10)7(2)3-8(6)12/h6-7H,3-5H2,1-2H3/t6-,7-/m0/s1. The number of halogens is 1. The van der Waals surface area contributed by atoms with Gasteiger partial charge in [-0.25, -0.2) is 0 Å². The fourth-order valence-electron chi connectivity index (χ4n) is 1.60. The Morgan fingerprint density at radius 3 is 2.77 bits per heavy atom. The van der Waals surface area contributed by atoms with Crippen molar-refractivity contribution in [3.63, 3.8) is 0 Å². The lowest BCUT2D eigenvalue weighted by Gasteiger charge is -2.35. The normalized spacial score (nSPS) is 29.2. The Bertz CT molecular complexity index is 230. The summed E-state index contributed by atoms with van der Waals surface area (Å²) in [6, 6.07) is 0.00921. The summed E-state index contributed by atoms with van der Waals surface area (Å²) in [5.41, 5.74) is 0. The minimum atomic E-state index is -0.0754. The topological polar surface area (TPSA) is 37.4 Å². The highest BCUT2D eigenvalue weighted by Crippen LogP contribution is 2.18. The molecular weight excluding hydrogens is 190 g/mol. The average Bonchev–Trinajstić information content (AvgIpc) is 2.10. The number of hydrogen-bond donors (Lipinski definition) is 0. The molecule has 0 aromatic rings. The molecule has 0 radical (unpaired) electrons. The van der Waals surface area contributed by atoms with E-state index in [0.717, 1.165) is 0 Å². The first-order valence-corrected chi connectivity index (χ1v) is 4.98. The summed E-state index contributed by atoms with van der Waals surface area (Å²) in [6.45, 7) is 4.25. The Morgan fingerprint density at radius 1 is 1.62 bits per heavy atom. The predicted molar refractivity (Wildman–Crippen MR) is 50.7 cm³/mol. The molecule has 4 heteroatoms. The molecule has 1 aliphatic heterocycles. The minimum absolute atomic E-state index is 0.00521. The molecule has 0 bridgehead atoms. The van der Waals surface area contributed by atoms with Gasteiger partial charge < -0.3 is 4.90 Å². The summed E-state index contributed by atoms with van der Waals surface area (Å²) in [7, 11) is 0. The molecular formula is C9H14ClNO2. The third kappa shape index (κ3) is 2.21. The molecule has 1 aliphatic rings. The van der Waals surface area contributed by atoms with E-state index in [0.29, 0.717) is 13.0 Å². The smallest absolute Gasteiger partial charge is 0.237 e. The van der Waals surface area contributed by atoms with Crippen molar-refractivity contribution in [3.05, 3.63) is 0 Å². The van der Waals surface area contributed by atoms with E-state index < -0.39 is 0 Å². The second-order valence-electron chi connectivity index (χ2n) is 3.60. The van der Waals surface area contributed by atoms with Crippen molar-refractivity contribution in [1.29, 1.82) is 0 Å². The number of nitrogens with zero attached hydrogens (tertiary/aromatic N) is 1. The molecule has 0 N–H and O–H groups in total. The number of likely N-dealkylation sites (tertiary alicyclic amines) is 1. The van der Waals surface area contributed by atoms with Crippen molar-refractivity contribution in [2.45, 2.75) is 26.3 Å². The summed E-state index contributed by atoms with van der Waals surface area (Å²) in [6.07, 6.45) is 0.462. The van der Waals surface area contributed by atoms with Crippen LogP contribution in [-0.2, 0) is 9.59 Å². The van der Waals surface area contributed by atoms with Crippen LogP contribution in [0.15, 0.2) is 0 Å². The van der Waals surface area contributed by atoms with Crippen LogP contribution < -0.4 is 0 Å². The van der Waals surface area contributed by atoms with Crippen LogP contribution >= 0.6 is 11.6 Å². The number of piperidine rings is 1. The number of rotatable bonds is 1. The first-order valence-electron chi connectivity index (χ1n) is 4.44. The molecule has 1 heterocycles. The molecule has 2 atom stereocenters. The zero-order valence-electron chi connectivity index (χ0n) is 7.92. The molecule has 0 aromatic carbocycles. The van der Waals surface area contributed by atoms with Gasteiger partial charge in [-0.05, 0) is 6.92 Å². The van der Waals surface area contributed by atoms with E-state index in [-0.39, 0.29) is 29.5 Å². The molecule has 3 nitrogen and oxygen atoms in total. The average molecular weight is 204 g/mol. The number of carbonyl (C=O) groups excluding carboxylic acids is 2. The van der Waals surface area contributed by atoms with E-state index in [1.54, 1.807) is 4.90 Å². The number of alkyl halides is 1. The van der Waals surface area contributed by atoms with Gasteiger partial charge in [0.15, 0.2) is 0 Å². The maximum atomic E-state index is 11.3. The molecule has 0 saturated carbocycles. The van der Waals surface area contributed by atoms with Gasteiger partial charge in [-0.3, -0.25) is 9.59 Å². The lowest BCUT2D eigenvalue weighted by molar-refractivity contribution is -0.138. The second kappa shape index (κ2) is 4.09. The van der Waals surface area contributed by atoms with Gasteiger partial charge in [0.05, 0.1) is 0 Å². The Morgan fingerprint density at radius 2 is 2.23 bits per heavy atom. The third-order valence-electron chi connectivity index (χ3n) is 2.48. The molecule has 1 amide bonds. The largest absolute Gasteiger partial charge is 0.338 e. The first kappa shape index (κ1) is 10.5. The van der Waals surface area contributed by atoms with Gasteiger partial charge in [0.1, 0.15) is 11.7 Å². The van der Waals surface area contributed by atoms with Gasteiger partial charge >= 0.3 is 0 Å². The van der Waals surface area contributed by atoms with Crippen LogP contribution in [0.25, 0.3) is 0 Å². The van der Waals surface area contributed by atoms with E-state index in [2.05, 4.69) is 0 Å². The van der Waals surface area contributed by atoms with Gasteiger partial charge in [-0.2, -0.15) is 0 Å². The van der Waals surface area contributed by atoms with Crippen LogP contribution in [0.2, 0.25) is 0 Å². The molecule has 13 heavy (non-hydrogen) atoms. The molecule has 0 unspecified atom stereocenters. The van der Waals surface area contributed by atoms with Crippen molar-refractivity contribution in [2.75, 3.05) is 12.4 Å². The molecule has 1 rings (SSSR count). The maximum Gasteiger partial charge on any atom is 0.237 e. The molecule has 1 saturated heterocycles. The number of amides is 1. The lowest BCUT2D eigenvalue weighted by Crippen LogP contribution is -2.49. The van der Waals surface area contributed by atoms with Crippen molar-refractivity contribution < 1.29 is 9.59 Å². The monoisotopic (exact) mass is 203 g/mol.